The fraction of sp³-hybridized carbons (Fsp3) is 0.263. The summed E-state index contributed by atoms with van der Waals surface area (Å²) in [4.78, 5) is 25.7. The molecule has 25 heavy (non-hydrogen) atoms. The van der Waals surface area contributed by atoms with E-state index in [9.17, 15) is 23.5 Å². The van der Waals surface area contributed by atoms with Gasteiger partial charge >= 0.3 is 5.97 Å². The zero-order valence-corrected chi connectivity index (χ0v) is 13.4. The third-order valence-electron chi connectivity index (χ3n) is 4.82. The summed E-state index contributed by atoms with van der Waals surface area (Å²) >= 11 is 0. The van der Waals surface area contributed by atoms with Gasteiger partial charge in [0.25, 0.3) is 5.91 Å². The summed E-state index contributed by atoms with van der Waals surface area (Å²) in [6.45, 7) is 0.238. The van der Waals surface area contributed by atoms with E-state index in [1.165, 1.54) is 11.0 Å². The molecule has 3 rings (SSSR count). The molecule has 0 bridgehead atoms. The van der Waals surface area contributed by atoms with Crippen LogP contribution < -0.4 is 0 Å². The number of rotatable bonds is 3. The molecule has 0 atom stereocenters. The van der Waals surface area contributed by atoms with Crippen molar-refractivity contribution in [2.24, 2.45) is 0 Å². The van der Waals surface area contributed by atoms with Crippen molar-refractivity contribution < 1.29 is 23.5 Å². The van der Waals surface area contributed by atoms with E-state index in [1.54, 1.807) is 30.3 Å². The van der Waals surface area contributed by atoms with E-state index in [0.29, 0.717) is 5.56 Å². The molecule has 0 radical (unpaired) electrons. The first-order valence-electron chi connectivity index (χ1n) is 7.98. The van der Waals surface area contributed by atoms with Crippen molar-refractivity contribution in [3.63, 3.8) is 0 Å². The van der Waals surface area contributed by atoms with Gasteiger partial charge in [-0.15, -0.1) is 0 Å². The molecule has 0 unspecified atom stereocenters. The monoisotopic (exact) mass is 345 g/mol. The Labute approximate surface area is 143 Å². The molecule has 0 spiro atoms. The minimum Gasteiger partial charge on any atom is -0.481 e. The highest BCUT2D eigenvalue weighted by molar-refractivity contribution is 5.95. The topological polar surface area (TPSA) is 57.6 Å². The summed E-state index contributed by atoms with van der Waals surface area (Å²) in [5.41, 5.74) is -1.01. The van der Waals surface area contributed by atoms with Crippen LogP contribution in [-0.4, -0.2) is 35.0 Å². The van der Waals surface area contributed by atoms with Gasteiger partial charge in [0.1, 0.15) is 17.2 Å². The molecule has 0 saturated carbocycles. The lowest BCUT2D eigenvalue weighted by Crippen LogP contribution is -2.49. The van der Waals surface area contributed by atoms with Crippen LogP contribution in [-0.2, 0) is 10.2 Å². The first-order valence-corrected chi connectivity index (χ1v) is 7.98. The molecule has 1 amide bonds. The molecular weight excluding hydrogens is 328 g/mol. The summed E-state index contributed by atoms with van der Waals surface area (Å²) in [5, 5.41) is 9.75. The third-order valence-corrected chi connectivity index (χ3v) is 4.82. The number of carboxylic acid groups (broad SMARTS) is 1. The van der Waals surface area contributed by atoms with Crippen molar-refractivity contribution in [2.75, 3.05) is 13.1 Å². The second kappa shape index (κ2) is 6.63. The highest BCUT2D eigenvalue weighted by atomic mass is 19.1. The van der Waals surface area contributed by atoms with Crippen LogP contribution >= 0.6 is 0 Å². The minimum atomic E-state index is -1.09. The van der Waals surface area contributed by atoms with Gasteiger partial charge in [-0.05, 0) is 30.5 Å². The quantitative estimate of drug-likeness (QED) is 0.929. The number of halogens is 2. The number of hydrogen-bond acceptors (Lipinski definition) is 2. The SMILES string of the molecule is O=C(c1c(F)cccc1F)N1CCC(C(=O)O)(c2ccccc2)CC1. The van der Waals surface area contributed by atoms with Crippen LogP contribution in [0.1, 0.15) is 28.8 Å². The van der Waals surface area contributed by atoms with Gasteiger partial charge in [-0.2, -0.15) is 0 Å². The average molecular weight is 345 g/mol. The van der Waals surface area contributed by atoms with Crippen molar-refractivity contribution in [1.29, 1.82) is 0 Å². The predicted octanol–water partition coefficient (Wildman–Crippen LogP) is 3.22. The number of carbonyl (C=O) groups excluding carboxylic acids is 1. The zero-order valence-electron chi connectivity index (χ0n) is 13.4. The molecule has 1 fully saturated rings. The van der Waals surface area contributed by atoms with Gasteiger partial charge in [-0.1, -0.05) is 36.4 Å². The van der Waals surface area contributed by atoms with Crippen LogP contribution in [0.2, 0.25) is 0 Å². The molecule has 2 aromatic rings. The predicted molar refractivity (Wildman–Crippen MR) is 87.3 cm³/mol. The molecule has 4 nitrogen and oxygen atoms in total. The standard InChI is InChI=1S/C19H17F2NO3/c20-14-7-4-8-15(21)16(14)17(23)22-11-9-19(10-12-22,18(24)25)13-5-2-1-3-6-13/h1-8H,9-12H2,(H,24,25). The van der Waals surface area contributed by atoms with E-state index < -0.39 is 34.5 Å². The maximum atomic E-state index is 13.8. The second-order valence-electron chi connectivity index (χ2n) is 6.14. The van der Waals surface area contributed by atoms with Crippen LogP contribution in [0.4, 0.5) is 8.78 Å². The molecule has 6 heteroatoms. The fourth-order valence-corrected chi connectivity index (χ4v) is 3.33. The first-order chi connectivity index (χ1) is 12.0. The van der Waals surface area contributed by atoms with Gasteiger partial charge < -0.3 is 10.0 Å². The van der Waals surface area contributed by atoms with Gasteiger partial charge in [-0.3, -0.25) is 9.59 Å². The van der Waals surface area contributed by atoms with Crippen LogP contribution in [0.5, 0.6) is 0 Å². The average Bonchev–Trinajstić information content (AvgIpc) is 2.62. The molecule has 2 aromatic carbocycles. The molecule has 1 N–H and O–H groups in total. The van der Waals surface area contributed by atoms with Crippen LogP contribution in [0.15, 0.2) is 48.5 Å². The smallest absolute Gasteiger partial charge is 0.314 e. The number of benzene rings is 2. The Morgan fingerprint density at radius 2 is 1.48 bits per heavy atom. The maximum Gasteiger partial charge on any atom is 0.314 e. The zero-order chi connectivity index (χ0) is 18.0. The molecular formula is C19H17F2NO3. The number of hydrogen-bond donors (Lipinski definition) is 1. The minimum absolute atomic E-state index is 0.119. The number of carboxylic acids is 1. The van der Waals surface area contributed by atoms with Crippen molar-refractivity contribution in [2.45, 2.75) is 18.3 Å². The molecule has 1 heterocycles. The molecule has 130 valence electrons. The summed E-state index contributed by atoms with van der Waals surface area (Å²) in [7, 11) is 0. The third kappa shape index (κ3) is 2.99. The Kier molecular flexibility index (Phi) is 4.53. The van der Waals surface area contributed by atoms with Gasteiger partial charge in [0.05, 0.1) is 5.41 Å². The Morgan fingerprint density at radius 1 is 0.920 bits per heavy atom. The lowest BCUT2D eigenvalue weighted by atomic mass is 9.72. The van der Waals surface area contributed by atoms with Crippen LogP contribution in [0, 0.1) is 11.6 Å². The van der Waals surface area contributed by atoms with Crippen LogP contribution in [0.25, 0.3) is 0 Å². The first kappa shape index (κ1) is 17.1. The van der Waals surface area contributed by atoms with Crippen molar-refractivity contribution in [3.8, 4) is 0 Å². The van der Waals surface area contributed by atoms with Gasteiger partial charge in [-0.25, -0.2) is 8.78 Å². The Balaban J connectivity index is 1.83. The summed E-state index contributed by atoms with van der Waals surface area (Å²) < 4.78 is 27.6. The normalized spacial score (nSPS) is 16.5. The molecule has 1 aliphatic heterocycles. The second-order valence-corrected chi connectivity index (χ2v) is 6.14. The fourth-order valence-electron chi connectivity index (χ4n) is 3.33. The van der Waals surface area contributed by atoms with Crippen LogP contribution in [0.3, 0.4) is 0 Å². The van der Waals surface area contributed by atoms with Gasteiger partial charge in [0.2, 0.25) is 0 Å². The van der Waals surface area contributed by atoms with Crippen molar-refractivity contribution in [1.82, 2.24) is 4.90 Å². The largest absolute Gasteiger partial charge is 0.481 e. The number of amides is 1. The lowest BCUT2D eigenvalue weighted by molar-refractivity contribution is -0.145. The highest BCUT2D eigenvalue weighted by Gasteiger charge is 2.44. The number of likely N-dealkylation sites (tertiary alicyclic amines) is 1. The van der Waals surface area contributed by atoms with Gasteiger partial charge in [0, 0.05) is 13.1 Å². The number of aliphatic carboxylic acids is 1. The molecule has 0 aromatic heterocycles. The number of piperidine rings is 1. The van der Waals surface area contributed by atoms with Crippen molar-refractivity contribution >= 4 is 11.9 Å². The number of nitrogens with zero attached hydrogens (tertiary/aromatic N) is 1. The van der Waals surface area contributed by atoms with E-state index in [4.69, 9.17) is 0 Å². The van der Waals surface area contributed by atoms with Gasteiger partial charge in [0.15, 0.2) is 0 Å². The van der Waals surface area contributed by atoms with E-state index in [0.717, 1.165) is 12.1 Å². The molecule has 1 saturated heterocycles. The Bertz CT molecular complexity index is 779. The lowest BCUT2D eigenvalue weighted by Gasteiger charge is -2.39. The summed E-state index contributed by atoms with van der Waals surface area (Å²) in [5.74, 6) is -3.53. The van der Waals surface area contributed by atoms with E-state index in [-0.39, 0.29) is 25.9 Å². The van der Waals surface area contributed by atoms with E-state index in [2.05, 4.69) is 0 Å². The molecule has 1 aliphatic rings. The van der Waals surface area contributed by atoms with Crippen molar-refractivity contribution in [3.05, 3.63) is 71.3 Å². The molecule has 0 aliphatic carbocycles. The Hall–Kier alpha value is -2.76. The Morgan fingerprint density at radius 3 is 2.00 bits per heavy atom. The maximum absolute atomic E-state index is 13.8. The van der Waals surface area contributed by atoms with E-state index in [1.807, 2.05) is 0 Å². The number of carbonyl (C=O) groups is 2. The summed E-state index contributed by atoms with van der Waals surface area (Å²) in [6, 6.07) is 12.1. The highest BCUT2D eigenvalue weighted by Crippen LogP contribution is 2.36. The summed E-state index contributed by atoms with van der Waals surface area (Å²) in [6.07, 6.45) is 0.377. The van der Waals surface area contributed by atoms with E-state index >= 15 is 0 Å².